The fourth-order valence-electron chi connectivity index (χ4n) is 3.90. The Bertz CT molecular complexity index is 984. The van der Waals surface area contributed by atoms with Crippen LogP contribution in [0.5, 0.6) is 5.75 Å². The van der Waals surface area contributed by atoms with Gasteiger partial charge in [-0.25, -0.2) is 4.39 Å². The molecule has 2 aliphatic heterocycles. The van der Waals surface area contributed by atoms with E-state index in [0.717, 1.165) is 28.0 Å². The number of halogens is 1. The second kappa shape index (κ2) is 5.56. The average Bonchev–Trinajstić information content (AvgIpc) is 2.87. The van der Waals surface area contributed by atoms with Gasteiger partial charge in [0.2, 0.25) is 0 Å². The number of hydrogen-bond acceptors (Lipinski definition) is 2. The van der Waals surface area contributed by atoms with E-state index in [9.17, 15) is 9.18 Å². The molecule has 0 N–H and O–H groups in total. The van der Waals surface area contributed by atoms with Crippen molar-refractivity contribution < 1.29 is 13.9 Å². The number of amides is 1. The molecule has 4 heteroatoms. The van der Waals surface area contributed by atoms with Crippen LogP contribution in [0.25, 0.3) is 17.2 Å². The van der Waals surface area contributed by atoms with Gasteiger partial charge >= 0.3 is 0 Å². The highest BCUT2D eigenvalue weighted by atomic mass is 19.1. The molecule has 0 spiro atoms. The second-order valence-corrected chi connectivity index (χ2v) is 7.30. The number of nitrogens with zero attached hydrogens (tertiary/aromatic N) is 1. The summed E-state index contributed by atoms with van der Waals surface area (Å²) in [4.78, 5) is 15.1. The quantitative estimate of drug-likeness (QED) is 0.721. The summed E-state index contributed by atoms with van der Waals surface area (Å²) in [6, 6.07) is 10.0. The first kappa shape index (κ1) is 16.6. The van der Waals surface area contributed by atoms with Crippen molar-refractivity contribution in [3.05, 3.63) is 65.0 Å². The van der Waals surface area contributed by atoms with Crippen LogP contribution in [0.1, 0.15) is 37.5 Å². The average molecular weight is 349 g/mol. The van der Waals surface area contributed by atoms with Gasteiger partial charge in [-0.1, -0.05) is 18.2 Å². The van der Waals surface area contributed by atoms with Gasteiger partial charge in [0.05, 0.1) is 23.9 Å². The van der Waals surface area contributed by atoms with E-state index in [1.54, 1.807) is 19.2 Å². The van der Waals surface area contributed by atoms with Crippen LogP contribution < -0.4 is 9.64 Å². The van der Waals surface area contributed by atoms with Crippen LogP contribution >= 0.6 is 0 Å². The standard InChI is InChI=1S/C22H20FNO2/c1-13-12-22(2,3)24-20-17(13)10-16(26-4)11-18(20)19(21(24)25)9-14-5-7-15(23)8-6-14/h5-12H,1-4H3. The zero-order valence-electron chi connectivity index (χ0n) is 15.3. The monoisotopic (exact) mass is 349 g/mol. The van der Waals surface area contributed by atoms with E-state index in [0.29, 0.717) is 11.3 Å². The Balaban J connectivity index is 1.98. The number of hydrogen-bond donors (Lipinski definition) is 0. The van der Waals surface area contributed by atoms with Crippen LogP contribution in [0.2, 0.25) is 0 Å². The molecule has 0 saturated carbocycles. The highest BCUT2D eigenvalue weighted by Gasteiger charge is 2.44. The fraction of sp³-hybridized carbons (Fsp3) is 0.227. The minimum absolute atomic E-state index is 0.0485. The molecule has 1 amide bonds. The topological polar surface area (TPSA) is 29.5 Å². The highest BCUT2D eigenvalue weighted by molar-refractivity contribution is 6.37. The summed E-state index contributed by atoms with van der Waals surface area (Å²) in [5, 5.41) is 0. The lowest BCUT2D eigenvalue weighted by atomic mass is 9.89. The van der Waals surface area contributed by atoms with Gasteiger partial charge in [0, 0.05) is 11.1 Å². The molecule has 3 nitrogen and oxygen atoms in total. The minimum atomic E-state index is -0.421. The summed E-state index contributed by atoms with van der Waals surface area (Å²) in [5.74, 6) is 0.369. The maximum Gasteiger partial charge on any atom is 0.259 e. The number of anilines is 1. The van der Waals surface area contributed by atoms with E-state index < -0.39 is 5.54 Å². The Morgan fingerprint density at radius 1 is 1.12 bits per heavy atom. The van der Waals surface area contributed by atoms with E-state index >= 15 is 0 Å². The molecule has 2 aromatic carbocycles. The lowest BCUT2D eigenvalue weighted by molar-refractivity contribution is -0.113. The van der Waals surface area contributed by atoms with Crippen molar-refractivity contribution in [1.82, 2.24) is 0 Å². The van der Waals surface area contributed by atoms with Crippen LogP contribution in [0.3, 0.4) is 0 Å². The molecule has 4 rings (SSSR count). The lowest BCUT2D eigenvalue weighted by Gasteiger charge is -2.38. The summed E-state index contributed by atoms with van der Waals surface area (Å²) >= 11 is 0. The molecule has 2 aliphatic rings. The van der Waals surface area contributed by atoms with Crippen LogP contribution in [0.4, 0.5) is 10.1 Å². The SMILES string of the molecule is COc1cc2c3c(c1)C(=Cc1ccc(F)cc1)C(=O)N3C(C)(C)C=C2C. The largest absolute Gasteiger partial charge is 0.497 e. The van der Waals surface area contributed by atoms with Crippen molar-refractivity contribution in [3.8, 4) is 5.75 Å². The van der Waals surface area contributed by atoms with Gasteiger partial charge in [-0.15, -0.1) is 0 Å². The van der Waals surface area contributed by atoms with Crippen LogP contribution in [-0.2, 0) is 4.79 Å². The number of carbonyl (C=O) groups excluding carboxylic acids is 1. The zero-order chi connectivity index (χ0) is 18.6. The summed E-state index contributed by atoms with van der Waals surface area (Å²) in [5.41, 5.74) is 4.88. The van der Waals surface area contributed by atoms with E-state index in [4.69, 9.17) is 4.74 Å². The molecule has 0 radical (unpaired) electrons. The third-order valence-electron chi connectivity index (χ3n) is 5.02. The number of carbonyl (C=O) groups is 1. The molecule has 132 valence electrons. The molecule has 2 aromatic rings. The molecular formula is C22H20FNO2. The summed E-state index contributed by atoms with van der Waals surface area (Å²) < 4.78 is 18.7. The van der Waals surface area contributed by atoms with Gasteiger partial charge < -0.3 is 4.74 Å². The molecule has 0 aromatic heterocycles. The van der Waals surface area contributed by atoms with Gasteiger partial charge in [-0.05, 0) is 62.2 Å². The van der Waals surface area contributed by atoms with E-state index in [1.165, 1.54) is 12.1 Å². The highest BCUT2D eigenvalue weighted by Crippen LogP contribution is 2.50. The third-order valence-corrected chi connectivity index (χ3v) is 5.02. The first-order chi connectivity index (χ1) is 12.3. The van der Waals surface area contributed by atoms with E-state index in [1.807, 2.05) is 37.0 Å². The van der Waals surface area contributed by atoms with E-state index in [2.05, 4.69) is 13.0 Å². The Morgan fingerprint density at radius 2 is 1.77 bits per heavy atom. The summed E-state index contributed by atoms with van der Waals surface area (Å²) in [7, 11) is 1.62. The smallest absolute Gasteiger partial charge is 0.259 e. The first-order valence-electron chi connectivity index (χ1n) is 8.56. The fourth-order valence-corrected chi connectivity index (χ4v) is 3.90. The molecule has 0 unspecified atom stereocenters. The molecule has 0 bridgehead atoms. The van der Waals surface area contributed by atoms with Crippen molar-refractivity contribution in [2.75, 3.05) is 12.0 Å². The van der Waals surface area contributed by atoms with Crippen molar-refractivity contribution in [2.24, 2.45) is 0 Å². The van der Waals surface area contributed by atoms with Gasteiger partial charge in [0.15, 0.2) is 0 Å². The molecule has 0 saturated heterocycles. The molecular weight excluding hydrogens is 329 g/mol. The van der Waals surface area contributed by atoms with E-state index in [-0.39, 0.29) is 11.7 Å². The summed E-state index contributed by atoms with van der Waals surface area (Å²) in [6.07, 6.45) is 3.93. The van der Waals surface area contributed by atoms with Crippen LogP contribution in [0.15, 0.2) is 42.5 Å². The van der Waals surface area contributed by atoms with Crippen molar-refractivity contribution in [2.45, 2.75) is 26.3 Å². The number of benzene rings is 2. The van der Waals surface area contributed by atoms with Gasteiger partial charge in [-0.3, -0.25) is 9.69 Å². The summed E-state index contributed by atoms with van der Waals surface area (Å²) in [6.45, 7) is 6.12. The predicted molar refractivity (Wildman–Crippen MR) is 102 cm³/mol. The number of ether oxygens (including phenoxy) is 1. The number of allylic oxidation sites excluding steroid dienone is 1. The van der Waals surface area contributed by atoms with Crippen LogP contribution in [-0.4, -0.2) is 18.6 Å². The van der Waals surface area contributed by atoms with Crippen molar-refractivity contribution in [3.63, 3.8) is 0 Å². The van der Waals surface area contributed by atoms with Gasteiger partial charge in [0.25, 0.3) is 5.91 Å². The Hall–Kier alpha value is -2.88. The molecule has 0 fully saturated rings. The van der Waals surface area contributed by atoms with Crippen LogP contribution in [0, 0.1) is 5.82 Å². The molecule has 26 heavy (non-hydrogen) atoms. The van der Waals surface area contributed by atoms with Crippen molar-refractivity contribution >= 4 is 28.8 Å². The molecule has 2 heterocycles. The first-order valence-corrected chi connectivity index (χ1v) is 8.56. The van der Waals surface area contributed by atoms with Crippen molar-refractivity contribution in [1.29, 1.82) is 0 Å². The maximum absolute atomic E-state index is 13.3. The Kier molecular flexibility index (Phi) is 3.55. The zero-order valence-corrected chi connectivity index (χ0v) is 15.3. The maximum atomic E-state index is 13.3. The number of rotatable bonds is 2. The Morgan fingerprint density at radius 3 is 2.42 bits per heavy atom. The van der Waals surface area contributed by atoms with Gasteiger partial charge in [-0.2, -0.15) is 0 Å². The van der Waals surface area contributed by atoms with Gasteiger partial charge in [0.1, 0.15) is 11.6 Å². The lowest BCUT2D eigenvalue weighted by Crippen LogP contribution is -2.46. The second-order valence-electron chi connectivity index (χ2n) is 7.30. The third kappa shape index (κ3) is 2.37. The Labute approximate surface area is 152 Å². The molecule has 0 aliphatic carbocycles. The molecule has 0 atom stereocenters. The minimum Gasteiger partial charge on any atom is -0.497 e. The number of methoxy groups -OCH3 is 1. The predicted octanol–water partition coefficient (Wildman–Crippen LogP) is 4.92. The normalized spacial score (nSPS) is 18.8.